The molecule has 1 aliphatic heterocycles. The maximum Gasteiger partial charge on any atom is 0.161 e. The Kier molecular flexibility index (Phi) is 3.16. The zero-order valence-corrected chi connectivity index (χ0v) is 15.4. The van der Waals surface area contributed by atoms with E-state index in [4.69, 9.17) is 0 Å². The fraction of sp³-hybridized carbons (Fsp3) is 0.652. The van der Waals surface area contributed by atoms with Crippen molar-refractivity contribution in [3.8, 4) is 11.5 Å². The summed E-state index contributed by atoms with van der Waals surface area (Å²) in [5.41, 5.74) is 5.76. The Morgan fingerprint density at radius 1 is 0.962 bits per heavy atom. The summed E-state index contributed by atoms with van der Waals surface area (Å²) in [6, 6.07) is 3.70. The third kappa shape index (κ3) is 2.04. The van der Waals surface area contributed by atoms with Crippen LogP contribution in [0.5, 0.6) is 11.5 Å². The predicted molar refractivity (Wildman–Crippen MR) is 102 cm³/mol. The molecule has 1 atom stereocenters. The minimum absolute atomic E-state index is 0.0424. The van der Waals surface area contributed by atoms with E-state index in [-0.39, 0.29) is 11.5 Å². The van der Waals surface area contributed by atoms with Gasteiger partial charge in [0, 0.05) is 12.1 Å². The summed E-state index contributed by atoms with van der Waals surface area (Å²) >= 11 is 0. The number of nitrogens with one attached hydrogen (secondary N) is 1. The molecule has 3 nitrogen and oxygen atoms in total. The monoisotopic (exact) mass is 351 g/mol. The van der Waals surface area contributed by atoms with E-state index in [0.29, 0.717) is 11.3 Å². The summed E-state index contributed by atoms with van der Waals surface area (Å²) < 4.78 is 0. The second kappa shape index (κ2) is 5.28. The van der Waals surface area contributed by atoms with Crippen LogP contribution in [0, 0.1) is 29.1 Å². The number of fused-ring (bicyclic) bond motifs is 2. The van der Waals surface area contributed by atoms with E-state index in [0.717, 1.165) is 49.2 Å². The number of phenolic OH excluding ortho intramolecular Hbond substituents is 2. The normalized spacial score (nSPS) is 40.5. The lowest BCUT2D eigenvalue weighted by Crippen LogP contribution is -2.51. The number of aromatic hydroxyl groups is 2. The fourth-order valence-corrected chi connectivity index (χ4v) is 7.98. The highest BCUT2D eigenvalue weighted by atomic mass is 16.3. The molecule has 0 radical (unpaired) electrons. The van der Waals surface area contributed by atoms with E-state index in [1.807, 2.05) is 6.07 Å². The van der Waals surface area contributed by atoms with E-state index in [1.54, 1.807) is 11.6 Å². The van der Waals surface area contributed by atoms with Gasteiger partial charge in [-0.2, -0.15) is 0 Å². The van der Waals surface area contributed by atoms with Crippen molar-refractivity contribution in [1.29, 1.82) is 0 Å². The highest BCUT2D eigenvalue weighted by Gasteiger charge is 2.55. The summed E-state index contributed by atoms with van der Waals surface area (Å²) in [5, 5.41) is 24.3. The van der Waals surface area contributed by atoms with Crippen LogP contribution in [0.4, 0.5) is 0 Å². The van der Waals surface area contributed by atoms with Crippen LogP contribution in [0.2, 0.25) is 0 Å². The Labute approximate surface area is 155 Å². The smallest absolute Gasteiger partial charge is 0.161 e. The molecule has 1 heterocycles. The van der Waals surface area contributed by atoms with E-state index in [2.05, 4.69) is 5.32 Å². The minimum Gasteiger partial charge on any atom is -0.504 e. The molecule has 6 aliphatic rings. The van der Waals surface area contributed by atoms with Gasteiger partial charge in [0.1, 0.15) is 0 Å². The molecular formula is C23H29NO2. The van der Waals surface area contributed by atoms with Gasteiger partial charge in [0.15, 0.2) is 11.5 Å². The van der Waals surface area contributed by atoms with Gasteiger partial charge in [-0.15, -0.1) is 0 Å². The molecule has 26 heavy (non-hydrogen) atoms. The van der Waals surface area contributed by atoms with Crippen LogP contribution in [0.25, 0.3) is 5.57 Å². The largest absolute Gasteiger partial charge is 0.504 e. The topological polar surface area (TPSA) is 52.5 Å². The first-order chi connectivity index (χ1) is 12.6. The Balaban J connectivity index is 1.50. The molecule has 1 unspecified atom stereocenters. The maximum atomic E-state index is 10.6. The van der Waals surface area contributed by atoms with Gasteiger partial charge in [0.25, 0.3) is 0 Å². The quantitative estimate of drug-likeness (QED) is 0.664. The molecule has 3 N–H and O–H groups in total. The van der Waals surface area contributed by atoms with Gasteiger partial charge in [-0.25, -0.2) is 0 Å². The van der Waals surface area contributed by atoms with E-state index in [9.17, 15) is 10.2 Å². The molecule has 5 aliphatic carbocycles. The van der Waals surface area contributed by atoms with Crippen LogP contribution in [0.3, 0.4) is 0 Å². The van der Waals surface area contributed by atoms with Gasteiger partial charge in [-0.1, -0.05) is 11.6 Å². The van der Waals surface area contributed by atoms with Crippen molar-refractivity contribution in [2.75, 3.05) is 13.1 Å². The van der Waals surface area contributed by atoms with Gasteiger partial charge in [0.2, 0.25) is 0 Å². The Hall–Kier alpha value is -1.48. The first kappa shape index (κ1) is 15.6. The second-order valence-corrected chi connectivity index (χ2v) is 9.93. The maximum absolute atomic E-state index is 10.6. The minimum atomic E-state index is 0.0424. The molecule has 1 aromatic rings. The molecule has 0 amide bonds. The third-order valence-corrected chi connectivity index (χ3v) is 8.50. The molecule has 7 rings (SSSR count). The summed E-state index contributed by atoms with van der Waals surface area (Å²) in [6.07, 6.45) is 10.7. The fourth-order valence-electron chi connectivity index (χ4n) is 7.98. The van der Waals surface area contributed by atoms with Gasteiger partial charge in [0.05, 0.1) is 0 Å². The van der Waals surface area contributed by atoms with Crippen LogP contribution in [0.15, 0.2) is 17.7 Å². The standard InChI is InChI=1S/C23H29NO2/c25-21-2-1-16-18(22(21)26)8-20(17-3-4-24-12-19(16)17)23-9-13-5-14(10-23)7-15(6-13)11-23/h1-2,13-15,20,24-26H,3-12H2. The van der Waals surface area contributed by atoms with Crippen LogP contribution in [0.1, 0.15) is 56.1 Å². The second-order valence-electron chi connectivity index (χ2n) is 9.93. The third-order valence-electron chi connectivity index (χ3n) is 8.50. The first-order valence-corrected chi connectivity index (χ1v) is 10.6. The van der Waals surface area contributed by atoms with Crippen LogP contribution in [-0.4, -0.2) is 23.3 Å². The van der Waals surface area contributed by atoms with Crippen LogP contribution in [-0.2, 0) is 6.42 Å². The average Bonchev–Trinajstić information content (AvgIpc) is 2.63. The van der Waals surface area contributed by atoms with Crippen molar-refractivity contribution in [2.45, 2.75) is 51.4 Å². The lowest BCUT2D eigenvalue weighted by molar-refractivity contribution is -0.0796. The van der Waals surface area contributed by atoms with E-state index >= 15 is 0 Å². The van der Waals surface area contributed by atoms with Gasteiger partial charge < -0.3 is 15.5 Å². The molecule has 4 bridgehead atoms. The molecule has 0 saturated heterocycles. The van der Waals surface area contributed by atoms with Crippen molar-refractivity contribution in [1.82, 2.24) is 5.32 Å². The number of hydrogen-bond acceptors (Lipinski definition) is 3. The SMILES string of the molecule is Oc1ccc2c(c1O)CC(C13CC4CC(CC(C4)C1)C3)C1=C2CNCC1. The molecule has 0 aromatic heterocycles. The summed E-state index contributed by atoms with van der Waals surface area (Å²) in [5.74, 6) is 3.60. The number of rotatable bonds is 1. The van der Waals surface area contributed by atoms with Gasteiger partial charge >= 0.3 is 0 Å². The molecule has 4 saturated carbocycles. The average molecular weight is 351 g/mol. The summed E-state index contributed by atoms with van der Waals surface area (Å²) in [7, 11) is 0. The van der Waals surface area contributed by atoms with E-state index in [1.165, 1.54) is 49.7 Å². The molecule has 138 valence electrons. The molecule has 0 spiro atoms. The Morgan fingerprint density at radius 3 is 2.35 bits per heavy atom. The van der Waals surface area contributed by atoms with Gasteiger partial charge in [-0.05, 0) is 104 Å². The van der Waals surface area contributed by atoms with Crippen molar-refractivity contribution >= 4 is 5.57 Å². The highest BCUT2D eigenvalue weighted by Crippen LogP contribution is 2.65. The number of benzene rings is 1. The molecule has 1 aromatic carbocycles. The van der Waals surface area contributed by atoms with Crippen molar-refractivity contribution in [2.24, 2.45) is 29.1 Å². The highest BCUT2D eigenvalue weighted by molar-refractivity contribution is 5.78. The molecular weight excluding hydrogens is 322 g/mol. The zero-order chi connectivity index (χ0) is 17.5. The Bertz CT molecular complexity index is 773. The van der Waals surface area contributed by atoms with Crippen molar-refractivity contribution in [3.05, 3.63) is 28.8 Å². The number of phenols is 2. The van der Waals surface area contributed by atoms with Gasteiger partial charge in [-0.3, -0.25) is 0 Å². The van der Waals surface area contributed by atoms with Crippen molar-refractivity contribution in [3.63, 3.8) is 0 Å². The number of hydrogen-bond donors (Lipinski definition) is 3. The lowest BCUT2D eigenvalue weighted by atomic mass is 9.44. The molecule has 3 heteroatoms. The lowest BCUT2D eigenvalue weighted by Gasteiger charge is -2.61. The zero-order valence-electron chi connectivity index (χ0n) is 15.4. The van der Waals surface area contributed by atoms with Crippen LogP contribution < -0.4 is 5.32 Å². The van der Waals surface area contributed by atoms with Crippen LogP contribution >= 0.6 is 0 Å². The first-order valence-electron chi connectivity index (χ1n) is 10.6. The molecule has 4 fully saturated rings. The summed E-state index contributed by atoms with van der Waals surface area (Å²) in [6.45, 7) is 2.00. The Morgan fingerprint density at radius 2 is 1.65 bits per heavy atom. The predicted octanol–water partition coefficient (Wildman–Crippen LogP) is 4.23. The summed E-state index contributed by atoms with van der Waals surface area (Å²) in [4.78, 5) is 0. The van der Waals surface area contributed by atoms with E-state index < -0.39 is 0 Å². The van der Waals surface area contributed by atoms with Crippen molar-refractivity contribution < 1.29 is 10.2 Å².